The van der Waals surface area contributed by atoms with Gasteiger partial charge in [-0.05, 0) is 96.9 Å². The van der Waals surface area contributed by atoms with E-state index in [0.29, 0.717) is 22.6 Å². The van der Waals surface area contributed by atoms with Crippen molar-refractivity contribution in [2.75, 3.05) is 30.1 Å². The SMILES string of the molecule is CCCCS(C)(C)c1c2c(nc3ccc(NC(=O)OC(C)(C)C)cc13)-c1cc3c(c(=O)n1C2)COC(=O)[C@@]3(CC)OC(=O)CNC(=O)OC(C)(C)C. The monoisotopic (exact) mass is 738 g/mol. The molecule has 2 aromatic heterocycles. The van der Waals surface area contributed by atoms with E-state index in [-0.39, 0.29) is 36.3 Å². The second-order valence-electron chi connectivity index (χ2n) is 15.6. The number of fused-ring (bicyclic) bond motifs is 5. The number of esters is 2. The predicted octanol–water partition coefficient (Wildman–Crippen LogP) is 6.73. The molecule has 282 valence electrons. The van der Waals surface area contributed by atoms with Crippen LogP contribution in [-0.2, 0) is 47.3 Å². The van der Waals surface area contributed by atoms with Crippen molar-refractivity contribution in [3.05, 3.63) is 51.3 Å². The number of rotatable bonds is 9. The van der Waals surface area contributed by atoms with Crippen LogP contribution in [0.15, 0.2) is 34.0 Å². The van der Waals surface area contributed by atoms with Gasteiger partial charge in [0.05, 0.1) is 29.0 Å². The lowest BCUT2D eigenvalue weighted by atomic mass is 9.85. The van der Waals surface area contributed by atoms with Gasteiger partial charge in [-0.15, -0.1) is 0 Å². The Bertz CT molecular complexity index is 2010. The second kappa shape index (κ2) is 14.1. The molecule has 0 saturated heterocycles. The van der Waals surface area contributed by atoms with Crippen LogP contribution in [0.2, 0.25) is 0 Å². The van der Waals surface area contributed by atoms with Crippen LogP contribution >= 0.6 is 10.0 Å². The molecule has 2 amide bonds. The van der Waals surface area contributed by atoms with Gasteiger partial charge < -0.3 is 28.8 Å². The normalized spacial score (nSPS) is 17.0. The Balaban J connectivity index is 1.62. The van der Waals surface area contributed by atoms with Crippen LogP contribution in [0.1, 0.15) is 91.3 Å². The number of aromatic nitrogens is 2. The minimum atomic E-state index is -1.93. The highest BCUT2D eigenvalue weighted by Crippen LogP contribution is 2.57. The number of carbonyl (C=O) groups is 4. The molecule has 52 heavy (non-hydrogen) atoms. The summed E-state index contributed by atoms with van der Waals surface area (Å²) in [6, 6.07) is 7.24. The molecule has 0 saturated carbocycles. The number of ether oxygens (including phenoxy) is 4. The Morgan fingerprint density at radius 2 is 1.65 bits per heavy atom. The first-order chi connectivity index (χ1) is 24.2. The Morgan fingerprint density at radius 3 is 2.29 bits per heavy atom. The van der Waals surface area contributed by atoms with E-state index < -0.39 is 57.5 Å². The first-order valence-corrected chi connectivity index (χ1v) is 20.1. The maximum Gasteiger partial charge on any atom is 0.412 e. The number of anilines is 1. The molecule has 2 aliphatic rings. The molecule has 14 heteroatoms. The Hall–Kier alpha value is -4.59. The highest BCUT2D eigenvalue weighted by atomic mass is 32.3. The highest BCUT2D eigenvalue weighted by Gasteiger charge is 2.50. The molecule has 0 radical (unpaired) electrons. The van der Waals surface area contributed by atoms with Crippen molar-refractivity contribution in [1.82, 2.24) is 14.9 Å². The van der Waals surface area contributed by atoms with Gasteiger partial charge >= 0.3 is 24.1 Å². The lowest BCUT2D eigenvalue weighted by Crippen LogP contribution is -2.49. The third kappa shape index (κ3) is 7.76. The van der Waals surface area contributed by atoms with Crippen molar-refractivity contribution in [3.8, 4) is 11.4 Å². The Morgan fingerprint density at radius 1 is 0.981 bits per heavy atom. The zero-order chi connectivity index (χ0) is 38.4. The van der Waals surface area contributed by atoms with Crippen LogP contribution < -0.4 is 16.2 Å². The van der Waals surface area contributed by atoms with Crippen LogP contribution in [0.3, 0.4) is 0 Å². The van der Waals surface area contributed by atoms with E-state index in [4.69, 9.17) is 23.9 Å². The molecule has 13 nitrogen and oxygen atoms in total. The topological polar surface area (TPSA) is 164 Å². The lowest BCUT2D eigenvalue weighted by molar-refractivity contribution is -0.188. The number of benzene rings is 1. The van der Waals surface area contributed by atoms with Crippen LogP contribution in [0.25, 0.3) is 22.3 Å². The van der Waals surface area contributed by atoms with Gasteiger partial charge in [-0.3, -0.25) is 14.9 Å². The second-order valence-corrected chi connectivity index (χ2v) is 19.5. The number of nitrogens with one attached hydrogen (secondary N) is 2. The van der Waals surface area contributed by atoms with Gasteiger partial charge in [0.25, 0.3) is 5.56 Å². The Kier molecular flexibility index (Phi) is 10.5. The number of nitrogens with zero attached hydrogens (tertiary/aromatic N) is 2. The van der Waals surface area contributed by atoms with Crippen LogP contribution in [0, 0.1) is 0 Å². The maximum absolute atomic E-state index is 14.3. The number of cyclic esters (lactones) is 1. The fourth-order valence-corrected chi connectivity index (χ4v) is 9.43. The van der Waals surface area contributed by atoms with Crippen LogP contribution in [0.5, 0.6) is 0 Å². The molecule has 2 N–H and O–H groups in total. The van der Waals surface area contributed by atoms with E-state index in [9.17, 15) is 24.0 Å². The zero-order valence-electron chi connectivity index (χ0n) is 31.7. The van der Waals surface area contributed by atoms with E-state index in [0.717, 1.165) is 34.4 Å². The largest absolute Gasteiger partial charge is 0.457 e. The van der Waals surface area contributed by atoms with Crippen molar-refractivity contribution in [2.24, 2.45) is 0 Å². The summed E-state index contributed by atoms with van der Waals surface area (Å²) < 4.78 is 23.6. The minimum Gasteiger partial charge on any atom is -0.457 e. The summed E-state index contributed by atoms with van der Waals surface area (Å²) in [5.74, 6) is -0.769. The predicted molar refractivity (Wildman–Crippen MR) is 200 cm³/mol. The van der Waals surface area contributed by atoms with Crippen molar-refractivity contribution in [1.29, 1.82) is 0 Å². The molecular weight excluding hydrogens is 689 g/mol. The summed E-state index contributed by atoms with van der Waals surface area (Å²) in [7, 11) is -1.47. The van der Waals surface area contributed by atoms with Gasteiger partial charge in [-0.2, -0.15) is 0 Å². The molecule has 0 bridgehead atoms. The molecule has 5 rings (SSSR count). The fourth-order valence-electron chi connectivity index (χ4n) is 6.63. The maximum atomic E-state index is 14.3. The number of hydrogen-bond acceptors (Lipinski definition) is 10. The zero-order valence-corrected chi connectivity index (χ0v) is 32.6. The smallest absolute Gasteiger partial charge is 0.412 e. The molecule has 2 aliphatic heterocycles. The number of carbonyl (C=O) groups excluding carboxylic acids is 4. The summed E-state index contributed by atoms with van der Waals surface area (Å²) in [5.41, 5.74) is -0.0670. The third-order valence-electron chi connectivity index (χ3n) is 8.87. The summed E-state index contributed by atoms with van der Waals surface area (Å²) in [5, 5.41) is 6.09. The van der Waals surface area contributed by atoms with Crippen LogP contribution in [-0.4, -0.2) is 69.7 Å². The van der Waals surface area contributed by atoms with Gasteiger partial charge in [-0.1, -0.05) is 20.3 Å². The molecule has 0 unspecified atom stereocenters. The summed E-state index contributed by atoms with van der Waals surface area (Å²) in [6.07, 6.45) is 5.11. The molecule has 1 aromatic carbocycles. The number of pyridine rings is 2. The van der Waals surface area contributed by atoms with Crippen molar-refractivity contribution in [2.45, 2.75) is 110 Å². The molecule has 3 aromatic rings. The van der Waals surface area contributed by atoms with Gasteiger partial charge in [0.1, 0.15) is 24.4 Å². The van der Waals surface area contributed by atoms with E-state index in [2.05, 4.69) is 30.1 Å². The fraction of sp³-hybridized carbons (Fsp3) is 0.526. The van der Waals surface area contributed by atoms with Gasteiger partial charge in [0.15, 0.2) is 0 Å². The molecule has 0 fully saturated rings. The Labute approximate surface area is 305 Å². The lowest BCUT2D eigenvalue weighted by Gasteiger charge is -2.35. The average Bonchev–Trinajstić information content (AvgIpc) is 3.39. The number of amides is 2. The minimum absolute atomic E-state index is 0.0230. The number of alkyl carbamates (subject to hydrolysis) is 1. The standard InChI is InChI=1S/C38H50N4O9S/c1-11-13-16-52(9,10)31-23-17-22(40-35(47)51-37(6,7)8)14-15-27(23)41-30-24(31)20-42-28(30)18-26-25(32(42)44)21-48-33(45)38(26,12-2)49-29(43)19-39-34(46)50-36(3,4)5/h14-15,17-18H,11-13,16,19-21H2,1-10H3,(H,39,46)(H,40,47)/t38-/m0/s1. The highest BCUT2D eigenvalue weighted by molar-refractivity contribution is 8.32. The summed E-state index contributed by atoms with van der Waals surface area (Å²) in [4.78, 5) is 72.0. The van der Waals surface area contributed by atoms with Crippen molar-refractivity contribution >= 4 is 50.7 Å². The molecule has 4 heterocycles. The first kappa shape index (κ1) is 38.6. The molecule has 1 atom stereocenters. The third-order valence-corrected chi connectivity index (χ3v) is 11.8. The van der Waals surface area contributed by atoms with Crippen molar-refractivity contribution in [3.63, 3.8) is 0 Å². The average molecular weight is 739 g/mol. The summed E-state index contributed by atoms with van der Waals surface area (Å²) >= 11 is 0. The van der Waals surface area contributed by atoms with Gasteiger partial charge in [0, 0.05) is 27.1 Å². The first-order valence-electron chi connectivity index (χ1n) is 17.5. The number of hydrogen-bond donors (Lipinski definition) is 2. The van der Waals surface area contributed by atoms with Gasteiger partial charge in [0.2, 0.25) is 5.60 Å². The van der Waals surface area contributed by atoms with E-state index in [1.165, 1.54) is 0 Å². The molecular formula is C38H50N4O9S. The molecule has 0 aliphatic carbocycles. The van der Waals surface area contributed by atoms with E-state index >= 15 is 0 Å². The quantitative estimate of drug-likeness (QED) is 0.139. The summed E-state index contributed by atoms with van der Waals surface area (Å²) in [6.45, 7) is 13.7. The van der Waals surface area contributed by atoms with Gasteiger partial charge in [-0.25, -0.2) is 29.4 Å². The van der Waals surface area contributed by atoms with Crippen molar-refractivity contribution < 1.29 is 38.1 Å². The molecule has 0 spiro atoms. The van der Waals surface area contributed by atoms with E-state index in [1.807, 2.05) is 12.1 Å². The number of unbranched alkanes of at least 4 members (excludes halogenated alkanes) is 1. The van der Waals surface area contributed by atoms with E-state index in [1.54, 1.807) is 65.2 Å². The van der Waals surface area contributed by atoms with Crippen LogP contribution in [0.4, 0.5) is 15.3 Å².